The molecule has 0 fully saturated rings. The van der Waals surface area contributed by atoms with Gasteiger partial charge in [0.15, 0.2) is 0 Å². The minimum atomic E-state index is 0.861. The van der Waals surface area contributed by atoms with Gasteiger partial charge in [-0.05, 0) is 36.0 Å². The molecule has 0 N–H and O–H groups in total. The van der Waals surface area contributed by atoms with Crippen molar-refractivity contribution < 1.29 is 0 Å². The van der Waals surface area contributed by atoms with E-state index in [4.69, 9.17) is 0 Å². The highest BCUT2D eigenvalue weighted by Gasteiger charge is 2.16. The minimum absolute atomic E-state index is 0.861. The number of hydrogen-bond donors (Lipinski definition) is 0. The summed E-state index contributed by atoms with van der Waals surface area (Å²) >= 11 is 0. The Hall–Kier alpha value is 0. The van der Waals surface area contributed by atoms with Crippen molar-refractivity contribution in [3.8, 4) is 0 Å². The molecule has 0 nitrogen and oxygen atoms in total. The van der Waals surface area contributed by atoms with Crippen LogP contribution in [0.1, 0.15) is 93.4 Å². The number of rotatable bonds is 11. The van der Waals surface area contributed by atoms with Crippen molar-refractivity contribution in [3.63, 3.8) is 0 Å². The van der Waals surface area contributed by atoms with Gasteiger partial charge in [0, 0.05) is 0 Å². The van der Waals surface area contributed by atoms with Crippen LogP contribution in [0, 0.1) is 29.6 Å². The fourth-order valence-corrected chi connectivity index (χ4v) is 3.02. The molecule has 0 amide bonds. The summed E-state index contributed by atoms with van der Waals surface area (Å²) in [6.45, 7) is 16.7. The van der Waals surface area contributed by atoms with Crippen LogP contribution in [0.2, 0.25) is 0 Å². The van der Waals surface area contributed by atoms with Gasteiger partial charge in [-0.3, -0.25) is 0 Å². The average molecular weight is 269 g/mol. The lowest BCUT2D eigenvalue weighted by molar-refractivity contribution is 0.266. The monoisotopic (exact) mass is 268 g/mol. The molecular weight excluding hydrogens is 228 g/mol. The van der Waals surface area contributed by atoms with E-state index in [0.29, 0.717) is 0 Å². The van der Waals surface area contributed by atoms with Gasteiger partial charge in [-0.15, -0.1) is 0 Å². The Balaban J connectivity index is 3.91. The van der Waals surface area contributed by atoms with Gasteiger partial charge in [-0.25, -0.2) is 0 Å². The van der Waals surface area contributed by atoms with E-state index >= 15 is 0 Å². The summed E-state index contributed by atoms with van der Waals surface area (Å²) < 4.78 is 0. The molecule has 0 radical (unpaired) electrons. The van der Waals surface area contributed by atoms with Gasteiger partial charge in [-0.1, -0.05) is 87.0 Å². The molecule has 0 rings (SSSR count). The van der Waals surface area contributed by atoms with Crippen molar-refractivity contribution in [2.45, 2.75) is 93.4 Å². The van der Waals surface area contributed by atoms with Crippen molar-refractivity contribution in [2.24, 2.45) is 29.6 Å². The molecule has 0 heteroatoms. The van der Waals surface area contributed by atoms with Gasteiger partial charge in [-0.2, -0.15) is 0 Å². The van der Waals surface area contributed by atoms with Crippen LogP contribution in [0.4, 0.5) is 0 Å². The van der Waals surface area contributed by atoms with E-state index in [1.807, 2.05) is 0 Å². The van der Waals surface area contributed by atoms with E-state index < -0.39 is 0 Å². The Morgan fingerprint density at radius 2 is 1.05 bits per heavy atom. The van der Waals surface area contributed by atoms with Gasteiger partial charge in [0.2, 0.25) is 0 Å². The molecule has 0 saturated heterocycles. The Kier molecular flexibility index (Phi) is 10.7. The molecular formula is C19H40. The number of hydrogen-bond acceptors (Lipinski definition) is 0. The van der Waals surface area contributed by atoms with E-state index in [9.17, 15) is 0 Å². The highest BCUT2D eigenvalue weighted by molar-refractivity contribution is 4.68. The SMILES string of the molecule is CC(C)CCCC(C)CC(CCCC(C)C)C(C)C. The first-order valence-electron chi connectivity index (χ1n) is 8.82. The maximum absolute atomic E-state index is 2.47. The molecule has 0 heterocycles. The van der Waals surface area contributed by atoms with Gasteiger partial charge in [0.1, 0.15) is 0 Å². The second kappa shape index (κ2) is 10.7. The maximum atomic E-state index is 2.47. The fraction of sp³-hybridized carbons (Fsp3) is 1.00. The summed E-state index contributed by atoms with van der Waals surface area (Å²) in [5.41, 5.74) is 0. The first-order valence-corrected chi connectivity index (χ1v) is 8.82. The second-order valence-electron chi connectivity index (χ2n) is 7.99. The molecule has 0 aliphatic heterocycles. The van der Waals surface area contributed by atoms with Crippen molar-refractivity contribution in [1.82, 2.24) is 0 Å². The summed E-state index contributed by atoms with van der Waals surface area (Å²) in [6, 6.07) is 0. The van der Waals surface area contributed by atoms with Crippen molar-refractivity contribution in [2.75, 3.05) is 0 Å². The first kappa shape index (κ1) is 19.0. The smallest absolute Gasteiger partial charge is 0.0389 e. The molecule has 2 atom stereocenters. The lowest BCUT2D eigenvalue weighted by Gasteiger charge is -2.25. The summed E-state index contributed by atoms with van der Waals surface area (Å²) in [5.74, 6) is 4.48. The Bertz CT molecular complexity index is 190. The lowest BCUT2D eigenvalue weighted by atomic mass is 9.81. The van der Waals surface area contributed by atoms with Crippen LogP contribution in [0.3, 0.4) is 0 Å². The highest BCUT2D eigenvalue weighted by Crippen LogP contribution is 2.28. The van der Waals surface area contributed by atoms with E-state index in [1.165, 1.54) is 44.9 Å². The standard InChI is InChI=1S/C19H40/c1-15(2)10-8-12-18(7)14-19(17(5)6)13-9-11-16(3)4/h15-19H,8-14H2,1-7H3. The third-order valence-electron chi connectivity index (χ3n) is 4.48. The van der Waals surface area contributed by atoms with Crippen LogP contribution in [0.5, 0.6) is 0 Å². The minimum Gasteiger partial charge on any atom is -0.0628 e. The van der Waals surface area contributed by atoms with Crippen molar-refractivity contribution in [3.05, 3.63) is 0 Å². The quantitative estimate of drug-likeness (QED) is 0.381. The molecule has 2 unspecified atom stereocenters. The van der Waals surface area contributed by atoms with Crippen LogP contribution in [-0.2, 0) is 0 Å². The molecule has 0 bridgehead atoms. The fourth-order valence-electron chi connectivity index (χ4n) is 3.02. The molecule has 0 aliphatic carbocycles. The zero-order valence-corrected chi connectivity index (χ0v) is 14.8. The third kappa shape index (κ3) is 11.5. The Labute approximate surface area is 123 Å². The maximum Gasteiger partial charge on any atom is -0.0389 e. The molecule has 0 saturated carbocycles. The molecule has 0 aromatic heterocycles. The zero-order valence-electron chi connectivity index (χ0n) is 14.8. The second-order valence-corrected chi connectivity index (χ2v) is 7.99. The molecule has 0 spiro atoms. The lowest BCUT2D eigenvalue weighted by Crippen LogP contribution is -2.13. The normalized spacial score (nSPS) is 15.5. The van der Waals surface area contributed by atoms with Crippen molar-refractivity contribution in [1.29, 1.82) is 0 Å². The summed E-state index contributed by atoms with van der Waals surface area (Å²) in [7, 11) is 0. The average Bonchev–Trinajstić information content (AvgIpc) is 2.26. The predicted molar refractivity (Wildman–Crippen MR) is 89.5 cm³/mol. The van der Waals surface area contributed by atoms with Crippen LogP contribution in [-0.4, -0.2) is 0 Å². The third-order valence-corrected chi connectivity index (χ3v) is 4.48. The van der Waals surface area contributed by atoms with Crippen LogP contribution in [0.25, 0.3) is 0 Å². The highest BCUT2D eigenvalue weighted by atomic mass is 14.2. The predicted octanol–water partition coefficient (Wildman–Crippen LogP) is 6.94. The van der Waals surface area contributed by atoms with Gasteiger partial charge in [0.25, 0.3) is 0 Å². The van der Waals surface area contributed by atoms with Gasteiger partial charge < -0.3 is 0 Å². The van der Waals surface area contributed by atoms with Crippen LogP contribution >= 0.6 is 0 Å². The summed E-state index contributed by atoms with van der Waals surface area (Å²) in [4.78, 5) is 0. The summed E-state index contributed by atoms with van der Waals surface area (Å²) in [5, 5.41) is 0. The molecule has 0 aromatic rings. The zero-order chi connectivity index (χ0) is 14.8. The molecule has 19 heavy (non-hydrogen) atoms. The van der Waals surface area contributed by atoms with E-state index in [-0.39, 0.29) is 0 Å². The topological polar surface area (TPSA) is 0 Å². The summed E-state index contributed by atoms with van der Waals surface area (Å²) in [6.07, 6.45) is 10.0. The van der Waals surface area contributed by atoms with E-state index in [0.717, 1.165) is 29.6 Å². The van der Waals surface area contributed by atoms with Crippen molar-refractivity contribution >= 4 is 0 Å². The van der Waals surface area contributed by atoms with E-state index in [1.54, 1.807) is 0 Å². The van der Waals surface area contributed by atoms with E-state index in [2.05, 4.69) is 48.5 Å². The first-order chi connectivity index (χ1) is 8.82. The van der Waals surface area contributed by atoms with Gasteiger partial charge in [0.05, 0.1) is 0 Å². The molecule has 116 valence electrons. The Morgan fingerprint density at radius 3 is 1.47 bits per heavy atom. The van der Waals surface area contributed by atoms with Crippen LogP contribution < -0.4 is 0 Å². The molecule has 0 aromatic carbocycles. The van der Waals surface area contributed by atoms with Gasteiger partial charge >= 0.3 is 0 Å². The Morgan fingerprint density at radius 1 is 0.579 bits per heavy atom. The molecule has 0 aliphatic rings. The van der Waals surface area contributed by atoms with Crippen LogP contribution in [0.15, 0.2) is 0 Å². The largest absolute Gasteiger partial charge is 0.0628 e.